The van der Waals surface area contributed by atoms with Crippen LogP contribution in [-0.4, -0.2) is 45.7 Å². The van der Waals surface area contributed by atoms with E-state index >= 15 is 0 Å². The summed E-state index contributed by atoms with van der Waals surface area (Å²) >= 11 is 0. The van der Waals surface area contributed by atoms with E-state index in [9.17, 15) is 9.59 Å². The predicted molar refractivity (Wildman–Crippen MR) is 78.6 cm³/mol. The van der Waals surface area contributed by atoms with E-state index in [1.807, 2.05) is 6.92 Å². The Hall–Kier alpha value is -2.97. The monoisotopic (exact) mass is 319 g/mol. The molecule has 2 aromatic rings. The summed E-state index contributed by atoms with van der Waals surface area (Å²) in [5.41, 5.74) is 1.59. The lowest BCUT2D eigenvalue weighted by molar-refractivity contribution is -0.134. The van der Waals surface area contributed by atoms with Gasteiger partial charge in [0.1, 0.15) is 6.54 Å². The molecule has 0 aromatic carbocycles. The molecule has 0 atom stereocenters. The van der Waals surface area contributed by atoms with Gasteiger partial charge in [-0.05, 0) is 13.8 Å². The van der Waals surface area contributed by atoms with Crippen molar-refractivity contribution in [1.29, 1.82) is 0 Å². The topological polar surface area (TPSA) is 112 Å². The molecule has 0 unspecified atom stereocenters. The van der Waals surface area contributed by atoms with Gasteiger partial charge in [0.05, 0.1) is 18.5 Å². The van der Waals surface area contributed by atoms with Gasteiger partial charge in [-0.1, -0.05) is 16.4 Å². The smallest absolute Gasteiger partial charge is 0.330 e. The minimum absolute atomic E-state index is 0.182. The maximum Gasteiger partial charge on any atom is 0.330 e. The standard InChI is InChI=1S/C14H17N5O4/c1-9-7-11(23-17-9)8-19-10(2)13(16-18-19)14(21)15-6-4-5-12(20)22-3/h4-5,7H,6,8H2,1-3H3,(H,15,21)/b5-4+. The van der Waals surface area contributed by atoms with Gasteiger partial charge >= 0.3 is 5.97 Å². The molecule has 2 heterocycles. The van der Waals surface area contributed by atoms with Gasteiger partial charge in [0, 0.05) is 18.7 Å². The Morgan fingerprint density at radius 2 is 2.22 bits per heavy atom. The predicted octanol–water partition coefficient (Wildman–Crippen LogP) is 0.390. The highest BCUT2D eigenvalue weighted by atomic mass is 16.5. The normalized spacial score (nSPS) is 10.9. The molecule has 1 N–H and O–H groups in total. The summed E-state index contributed by atoms with van der Waals surface area (Å²) in [4.78, 5) is 22.9. The SMILES string of the molecule is COC(=O)/C=C/CNC(=O)c1nnn(Cc2cc(C)no2)c1C. The highest BCUT2D eigenvalue weighted by Gasteiger charge is 2.16. The van der Waals surface area contributed by atoms with Gasteiger partial charge in [-0.3, -0.25) is 4.79 Å². The van der Waals surface area contributed by atoms with Crippen LogP contribution in [0.2, 0.25) is 0 Å². The molecule has 0 saturated carbocycles. The fraction of sp³-hybridized carbons (Fsp3) is 0.357. The molecular weight excluding hydrogens is 302 g/mol. The number of carbonyl (C=O) groups excluding carboxylic acids is 2. The van der Waals surface area contributed by atoms with E-state index < -0.39 is 5.97 Å². The number of carbonyl (C=O) groups is 2. The number of aromatic nitrogens is 4. The van der Waals surface area contributed by atoms with Crippen LogP contribution in [0.4, 0.5) is 0 Å². The highest BCUT2D eigenvalue weighted by molar-refractivity contribution is 5.93. The fourth-order valence-corrected chi connectivity index (χ4v) is 1.82. The Bertz CT molecular complexity index is 731. The third-order valence-corrected chi connectivity index (χ3v) is 3.02. The summed E-state index contributed by atoms with van der Waals surface area (Å²) in [5, 5.41) is 14.2. The zero-order chi connectivity index (χ0) is 16.8. The fourth-order valence-electron chi connectivity index (χ4n) is 1.82. The molecule has 0 aliphatic carbocycles. The number of hydrogen-bond acceptors (Lipinski definition) is 7. The van der Waals surface area contributed by atoms with Crippen molar-refractivity contribution in [1.82, 2.24) is 25.5 Å². The number of ether oxygens (including phenoxy) is 1. The Morgan fingerprint density at radius 1 is 1.43 bits per heavy atom. The number of aryl methyl sites for hydroxylation is 1. The summed E-state index contributed by atoms with van der Waals surface area (Å²) < 4.78 is 11.1. The van der Waals surface area contributed by atoms with Crippen LogP contribution in [-0.2, 0) is 16.1 Å². The van der Waals surface area contributed by atoms with Crippen LogP contribution >= 0.6 is 0 Å². The molecule has 0 aliphatic rings. The van der Waals surface area contributed by atoms with E-state index in [4.69, 9.17) is 4.52 Å². The average Bonchev–Trinajstić information content (AvgIpc) is 3.10. The van der Waals surface area contributed by atoms with Gasteiger partial charge < -0.3 is 14.6 Å². The van der Waals surface area contributed by atoms with Crippen molar-refractivity contribution in [2.75, 3.05) is 13.7 Å². The van der Waals surface area contributed by atoms with Crippen LogP contribution in [0.3, 0.4) is 0 Å². The number of methoxy groups -OCH3 is 1. The first-order valence-corrected chi connectivity index (χ1v) is 6.86. The number of esters is 1. The first-order valence-electron chi connectivity index (χ1n) is 6.86. The largest absolute Gasteiger partial charge is 0.466 e. The first-order chi connectivity index (χ1) is 11.0. The molecular formula is C14H17N5O4. The Balaban J connectivity index is 1.96. The lowest BCUT2D eigenvalue weighted by atomic mass is 10.3. The zero-order valence-electron chi connectivity index (χ0n) is 13.1. The van der Waals surface area contributed by atoms with Gasteiger partial charge in [0.25, 0.3) is 5.91 Å². The summed E-state index contributed by atoms with van der Waals surface area (Å²) in [7, 11) is 1.28. The van der Waals surface area contributed by atoms with E-state index in [1.54, 1.807) is 17.7 Å². The third-order valence-electron chi connectivity index (χ3n) is 3.02. The molecule has 2 rings (SSSR count). The minimum atomic E-state index is -0.483. The molecule has 0 radical (unpaired) electrons. The molecule has 9 nitrogen and oxygen atoms in total. The second-order valence-corrected chi connectivity index (χ2v) is 4.75. The van der Waals surface area contributed by atoms with E-state index in [0.29, 0.717) is 18.0 Å². The maximum absolute atomic E-state index is 12.0. The molecule has 0 aliphatic heterocycles. The van der Waals surface area contributed by atoms with Crippen molar-refractivity contribution in [3.8, 4) is 0 Å². The van der Waals surface area contributed by atoms with Crippen molar-refractivity contribution in [3.05, 3.63) is 41.1 Å². The number of rotatable bonds is 6. The van der Waals surface area contributed by atoms with Gasteiger partial charge in [0.15, 0.2) is 11.5 Å². The number of amides is 1. The quantitative estimate of drug-likeness (QED) is 0.605. The molecule has 23 heavy (non-hydrogen) atoms. The summed E-state index contributed by atoms with van der Waals surface area (Å²) in [6, 6.07) is 1.79. The van der Waals surface area contributed by atoms with Crippen LogP contribution in [0, 0.1) is 13.8 Å². The zero-order valence-corrected chi connectivity index (χ0v) is 13.1. The molecule has 9 heteroatoms. The van der Waals surface area contributed by atoms with Gasteiger partial charge in [0.2, 0.25) is 0 Å². The van der Waals surface area contributed by atoms with Crippen LogP contribution in [0.15, 0.2) is 22.7 Å². The van der Waals surface area contributed by atoms with E-state index in [1.165, 1.54) is 19.3 Å². The lowest BCUT2D eigenvalue weighted by Gasteiger charge is -2.01. The van der Waals surface area contributed by atoms with Crippen LogP contribution < -0.4 is 5.32 Å². The number of nitrogens with one attached hydrogen (secondary N) is 1. The van der Waals surface area contributed by atoms with Gasteiger partial charge in [-0.2, -0.15) is 0 Å². The second kappa shape index (κ2) is 7.34. The molecule has 2 aromatic heterocycles. The summed E-state index contributed by atoms with van der Waals surface area (Å²) in [6.07, 6.45) is 2.72. The van der Waals surface area contributed by atoms with Crippen molar-refractivity contribution in [2.45, 2.75) is 20.4 Å². The summed E-state index contributed by atoms with van der Waals surface area (Å²) in [5.74, 6) is -0.232. The number of hydrogen-bond donors (Lipinski definition) is 1. The van der Waals surface area contributed by atoms with Gasteiger partial charge in [-0.15, -0.1) is 5.10 Å². The van der Waals surface area contributed by atoms with E-state index in [2.05, 4.69) is 25.5 Å². The van der Waals surface area contributed by atoms with Crippen LogP contribution in [0.1, 0.15) is 27.6 Å². The molecule has 122 valence electrons. The maximum atomic E-state index is 12.0. The molecule has 0 bridgehead atoms. The number of nitrogens with zero attached hydrogens (tertiary/aromatic N) is 4. The molecule has 0 saturated heterocycles. The Labute approximate surface area is 132 Å². The van der Waals surface area contributed by atoms with Crippen LogP contribution in [0.25, 0.3) is 0 Å². The average molecular weight is 319 g/mol. The minimum Gasteiger partial charge on any atom is -0.466 e. The van der Waals surface area contributed by atoms with Crippen molar-refractivity contribution >= 4 is 11.9 Å². The van der Waals surface area contributed by atoms with E-state index in [-0.39, 0.29) is 18.1 Å². The summed E-state index contributed by atoms with van der Waals surface area (Å²) in [6.45, 7) is 4.08. The Kier molecular flexibility index (Phi) is 5.23. The van der Waals surface area contributed by atoms with Crippen molar-refractivity contribution in [2.24, 2.45) is 0 Å². The van der Waals surface area contributed by atoms with Crippen molar-refractivity contribution in [3.63, 3.8) is 0 Å². The van der Waals surface area contributed by atoms with E-state index in [0.717, 1.165) is 5.69 Å². The molecule has 0 fully saturated rings. The molecule has 0 spiro atoms. The third kappa shape index (κ3) is 4.25. The highest BCUT2D eigenvalue weighted by Crippen LogP contribution is 2.09. The van der Waals surface area contributed by atoms with Crippen molar-refractivity contribution < 1.29 is 18.8 Å². The second-order valence-electron chi connectivity index (χ2n) is 4.75. The lowest BCUT2D eigenvalue weighted by Crippen LogP contribution is -2.24. The first kappa shape index (κ1) is 16.4. The molecule has 1 amide bonds. The van der Waals surface area contributed by atoms with Crippen LogP contribution in [0.5, 0.6) is 0 Å². The van der Waals surface area contributed by atoms with Gasteiger partial charge in [-0.25, -0.2) is 9.48 Å². The Morgan fingerprint density at radius 3 is 2.87 bits per heavy atom.